The second-order valence-corrected chi connectivity index (χ2v) is 9.67. The van der Waals surface area contributed by atoms with Crippen molar-refractivity contribution in [3.05, 3.63) is 5.92 Å². The highest BCUT2D eigenvalue weighted by Crippen LogP contribution is 2.58. The molecule has 0 N–H and O–H groups in total. The van der Waals surface area contributed by atoms with E-state index in [-0.39, 0.29) is 5.41 Å². The Morgan fingerprint density at radius 1 is 1.13 bits per heavy atom. The molecule has 1 unspecified atom stereocenters. The van der Waals surface area contributed by atoms with E-state index in [1.54, 1.807) is 0 Å². The van der Waals surface area contributed by atoms with Gasteiger partial charge in [-0.25, -0.2) is 0 Å². The molecule has 91 valence electrons. The summed E-state index contributed by atoms with van der Waals surface area (Å²) in [6.07, 6.45) is 2.71. The summed E-state index contributed by atoms with van der Waals surface area (Å²) in [4.78, 5) is 0. The summed E-state index contributed by atoms with van der Waals surface area (Å²) >= 11 is 0. The van der Waals surface area contributed by atoms with Crippen LogP contribution in [0.4, 0.5) is 0 Å². The number of hydrogen-bond donors (Lipinski definition) is 0. The Morgan fingerprint density at radius 2 is 1.53 bits per heavy atom. The average molecular weight is 231 g/mol. The molecule has 0 saturated carbocycles. The Kier molecular flexibility index (Phi) is 5.61. The van der Waals surface area contributed by atoms with Gasteiger partial charge >= 0.3 is 0 Å². The van der Waals surface area contributed by atoms with Crippen LogP contribution in [-0.2, 0) is 4.57 Å². The molecule has 0 aliphatic rings. The molecule has 0 saturated heterocycles. The second kappa shape index (κ2) is 5.53. The lowest BCUT2D eigenvalue weighted by atomic mass is 9.87. The van der Waals surface area contributed by atoms with Gasteiger partial charge in [0, 0.05) is 5.66 Å². The van der Waals surface area contributed by atoms with E-state index in [1.807, 2.05) is 0 Å². The quantitative estimate of drug-likeness (QED) is 0.621. The molecule has 0 fully saturated rings. The van der Waals surface area contributed by atoms with Crippen molar-refractivity contribution >= 4 is 7.14 Å². The molecule has 0 aromatic carbocycles. The maximum atomic E-state index is 12.8. The Labute approximate surface area is 96.4 Å². The van der Waals surface area contributed by atoms with E-state index in [0.717, 1.165) is 18.7 Å². The normalized spacial score (nSPS) is 15.7. The van der Waals surface area contributed by atoms with Crippen molar-refractivity contribution in [1.29, 1.82) is 0 Å². The van der Waals surface area contributed by atoms with Crippen LogP contribution >= 0.6 is 7.14 Å². The predicted molar refractivity (Wildman–Crippen MR) is 71.1 cm³/mol. The summed E-state index contributed by atoms with van der Waals surface area (Å²) in [7, 11) is -1.99. The van der Waals surface area contributed by atoms with E-state index in [2.05, 4.69) is 48.5 Å². The summed E-state index contributed by atoms with van der Waals surface area (Å²) in [5.41, 5.74) is 0.503. The van der Waals surface area contributed by atoms with Gasteiger partial charge in [-0.1, -0.05) is 48.5 Å². The van der Waals surface area contributed by atoms with Crippen molar-refractivity contribution in [2.24, 2.45) is 5.41 Å². The summed E-state index contributed by atoms with van der Waals surface area (Å²) in [5, 5.41) is 0. The first-order valence-electron chi connectivity index (χ1n) is 6.04. The first kappa shape index (κ1) is 15.2. The van der Waals surface area contributed by atoms with Crippen LogP contribution in [0.1, 0.15) is 54.9 Å². The van der Waals surface area contributed by atoms with E-state index in [0.29, 0.717) is 5.66 Å². The molecule has 0 bridgehead atoms. The maximum Gasteiger partial charge on any atom is 0.0906 e. The minimum absolute atomic E-state index is 0.152. The second-order valence-electron chi connectivity index (χ2n) is 5.88. The van der Waals surface area contributed by atoms with E-state index in [4.69, 9.17) is 0 Å². The number of rotatable bonds is 5. The lowest BCUT2D eigenvalue weighted by molar-refractivity contribution is 0.365. The first-order chi connectivity index (χ1) is 6.67. The van der Waals surface area contributed by atoms with Crippen molar-refractivity contribution < 1.29 is 4.57 Å². The average Bonchev–Trinajstić information content (AvgIpc) is 2.11. The number of hydrogen-bond acceptors (Lipinski definition) is 1. The Morgan fingerprint density at radius 3 is 1.73 bits per heavy atom. The van der Waals surface area contributed by atoms with Gasteiger partial charge in [0.2, 0.25) is 0 Å². The van der Waals surface area contributed by atoms with Gasteiger partial charge in [0.05, 0.1) is 7.14 Å². The molecular weight excluding hydrogens is 203 g/mol. The SMILES string of the molecule is CCP(=O)(CC)C(C[C](C)C)C(C)(C)C. The van der Waals surface area contributed by atoms with Crippen LogP contribution in [-0.4, -0.2) is 18.0 Å². The van der Waals surface area contributed by atoms with Crippen LogP contribution in [0.3, 0.4) is 0 Å². The third-order valence-corrected chi connectivity index (χ3v) is 7.47. The highest BCUT2D eigenvalue weighted by atomic mass is 31.2. The summed E-state index contributed by atoms with van der Waals surface area (Å²) < 4.78 is 12.8. The molecule has 0 aliphatic carbocycles. The summed E-state index contributed by atoms with van der Waals surface area (Å²) in [6.45, 7) is 15.1. The molecule has 1 nitrogen and oxygen atoms in total. The van der Waals surface area contributed by atoms with E-state index < -0.39 is 7.14 Å². The smallest absolute Gasteiger partial charge is 0.0906 e. The molecule has 15 heavy (non-hydrogen) atoms. The lowest BCUT2D eigenvalue weighted by Gasteiger charge is -2.37. The third kappa shape index (κ3) is 4.31. The first-order valence-corrected chi connectivity index (χ1v) is 8.18. The molecule has 0 aromatic heterocycles. The molecule has 1 radical (unpaired) electrons. The third-order valence-electron chi connectivity index (χ3n) is 3.24. The summed E-state index contributed by atoms with van der Waals surface area (Å²) in [5.74, 6) is 1.40. The Bertz CT molecular complexity index is 217. The van der Waals surface area contributed by atoms with Crippen LogP contribution in [0.25, 0.3) is 0 Å². The van der Waals surface area contributed by atoms with Gasteiger partial charge in [0.1, 0.15) is 0 Å². The topological polar surface area (TPSA) is 17.1 Å². The highest BCUT2D eigenvalue weighted by Gasteiger charge is 2.38. The predicted octanol–water partition coefficient (Wildman–Crippen LogP) is 4.81. The van der Waals surface area contributed by atoms with Gasteiger partial charge in [-0.3, -0.25) is 0 Å². The van der Waals surface area contributed by atoms with Crippen molar-refractivity contribution in [2.75, 3.05) is 12.3 Å². The van der Waals surface area contributed by atoms with Crippen LogP contribution in [0.15, 0.2) is 0 Å². The van der Waals surface area contributed by atoms with Gasteiger partial charge in [-0.05, 0) is 30.1 Å². The fourth-order valence-corrected chi connectivity index (χ4v) is 5.67. The zero-order chi connectivity index (χ0) is 12.3. The molecule has 1 atom stereocenters. The molecule has 0 rings (SSSR count). The van der Waals surface area contributed by atoms with Crippen molar-refractivity contribution in [2.45, 2.75) is 60.5 Å². The minimum atomic E-state index is -1.99. The van der Waals surface area contributed by atoms with Gasteiger partial charge < -0.3 is 4.57 Å². The van der Waals surface area contributed by atoms with Gasteiger partial charge in [0.15, 0.2) is 0 Å². The monoisotopic (exact) mass is 231 g/mol. The standard InChI is InChI=1S/C13H28OP/c1-8-15(14,9-2)12(10-11(3)4)13(5,6)7/h12H,8-10H2,1-7H3. The molecular formula is C13H28OP. The molecule has 0 spiro atoms. The molecule has 0 aromatic rings. The molecule has 2 heteroatoms. The van der Waals surface area contributed by atoms with Crippen molar-refractivity contribution in [1.82, 2.24) is 0 Å². The molecule has 0 amide bonds. The molecule has 0 heterocycles. The Balaban J connectivity index is 5.01. The van der Waals surface area contributed by atoms with Crippen molar-refractivity contribution in [3.63, 3.8) is 0 Å². The van der Waals surface area contributed by atoms with Gasteiger partial charge in [-0.2, -0.15) is 0 Å². The van der Waals surface area contributed by atoms with Crippen LogP contribution in [0.5, 0.6) is 0 Å². The lowest BCUT2D eigenvalue weighted by Crippen LogP contribution is -2.29. The fourth-order valence-electron chi connectivity index (χ4n) is 2.23. The van der Waals surface area contributed by atoms with Crippen molar-refractivity contribution in [3.8, 4) is 0 Å². The minimum Gasteiger partial charge on any atom is -0.323 e. The highest BCUT2D eigenvalue weighted by molar-refractivity contribution is 7.64. The van der Waals surface area contributed by atoms with Crippen LogP contribution < -0.4 is 0 Å². The summed E-state index contributed by atoms with van der Waals surface area (Å²) in [6, 6.07) is 0. The van der Waals surface area contributed by atoms with E-state index in [1.165, 1.54) is 5.92 Å². The largest absolute Gasteiger partial charge is 0.323 e. The van der Waals surface area contributed by atoms with Crippen LogP contribution in [0, 0.1) is 11.3 Å². The Hall–Kier alpha value is 0.230. The van der Waals surface area contributed by atoms with Gasteiger partial charge in [0.25, 0.3) is 0 Å². The van der Waals surface area contributed by atoms with Gasteiger partial charge in [-0.15, -0.1) is 0 Å². The zero-order valence-electron chi connectivity index (χ0n) is 11.6. The zero-order valence-corrected chi connectivity index (χ0v) is 12.4. The van der Waals surface area contributed by atoms with E-state index in [9.17, 15) is 4.57 Å². The van der Waals surface area contributed by atoms with E-state index >= 15 is 0 Å². The maximum absolute atomic E-state index is 12.8. The van der Waals surface area contributed by atoms with Crippen LogP contribution in [0.2, 0.25) is 0 Å². The molecule has 0 aliphatic heterocycles. The fraction of sp³-hybridized carbons (Fsp3) is 0.923.